The average Bonchev–Trinajstić information content (AvgIpc) is 3.22. The molecule has 0 amide bonds. The Hall–Kier alpha value is -3.63. The van der Waals surface area contributed by atoms with E-state index in [0.29, 0.717) is 31.3 Å². The maximum Gasteiger partial charge on any atom is 0.329 e. The van der Waals surface area contributed by atoms with Crippen LogP contribution in [0, 0.1) is 23.2 Å². The molecular formula is C28H31N3O4. The molecule has 0 bridgehead atoms. The SMILES string of the molecule is N#CCCc1c(-c2cccc(O)c2)c(-c2ccccc2)nn1C[C@H]1CC[C@@H](COCC(=O)O)CC1. The molecule has 0 aliphatic heterocycles. The number of phenolic OH excluding ortho intramolecular Hbond substituents is 1. The lowest BCUT2D eigenvalue weighted by atomic mass is 9.82. The quantitative estimate of drug-likeness (QED) is 0.414. The number of hydrogen-bond acceptors (Lipinski definition) is 5. The molecule has 4 rings (SSSR count). The minimum absolute atomic E-state index is 0.198. The zero-order chi connectivity index (χ0) is 24.6. The first-order valence-electron chi connectivity index (χ1n) is 12.2. The van der Waals surface area contributed by atoms with Crippen molar-refractivity contribution in [3.05, 3.63) is 60.3 Å². The van der Waals surface area contributed by atoms with Gasteiger partial charge >= 0.3 is 5.97 Å². The lowest BCUT2D eigenvalue weighted by Gasteiger charge is -2.28. The molecule has 0 saturated heterocycles. The van der Waals surface area contributed by atoms with Crippen molar-refractivity contribution in [1.82, 2.24) is 9.78 Å². The number of aromatic hydroxyl groups is 1. The van der Waals surface area contributed by atoms with Gasteiger partial charge in [-0.05, 0) is 55.2 Å². The number of hydrogen-bond donors (Lipinski definition) is 2. The molecule has 1 fully saturated rings. The van der Waals surface area contributed by atoms with Crippen LogP contribution in [0.15, 0.2) is 54.6 Å². The molecule has 1 aromatic heterocycles. The van der Waals surface area contributed by atoms with Crippen LogP contribution in [-0.4, -0.2) is 39.2 Å². The van der Waals surface area contributed by atoms with Crippen LogP contribution >= 0.6 is 0 Å². The number of aliphatic carboxylic acids is 1. The predicted molar refractivity (Wildman–Crippen MR) is 133 cm³/mol. The Labute approximate surface area is 205 Å². The van der Waals surface area contributed by atoms with E-state index in [0.717, 1.165) is 60.3 Å². The fourth-order valence-electron chi connectivity index (χ4n) is 4.98. The zero-order valence-electron chi connectivity index (χ0n) is 19.8. The second kappa shape index (κ2) is 11.7. The largest absolute Gasteiger partial charge is 0.508 e. The molecule has 3 aromatic rings. The molecule has 1 saturated carbocycles. The van der Waals surface area contributed by atoms with Gasteiger partial charge in [0.1, 0.15) is 18.1 Å². The summed E-state index contributed by atoms with van der Waals surface area (Å²) in [6.45, 7) is 1.02. The van der Waals surface area contributed by atoms with Crippen LogP contribution in [-0.2, 0) is 22.5 Å². The van der Waals surface area contributed by atoms with Crippen LogP contribution < -0.4 is 0 Å². The average molecular weight is 474 g/mol. The first-order valence-corrected chi connectivity index (χ1v) is 12.2. The summed E-state index contributed by atoms with van der Waals surface area (Å²) in [5.41, 5.74) is 4.74. The van der Waals surface area contributed by atoms with E-state index in [1.165, 1.54) is 0 Å². The number of nitriles is 1. The molecule has 182 valence electrons. The van der Waals surface area contributed by atoms with Gasteiger partial charge in [0.05, 0.1) is 12.7 Å². The molecule has 0 unspecified atom stereocenters. The molecule has 35 heavy (non-hydrogen) atoms. The summed E-state index contributed by atoms with van der Waals surface area (Å²) < 4.78 is 7.38. The Bertz CT molecular complexity index is 1170. The van der Waals surface area contributed by atoms with Gasteiger partial charge in [0.25, 0.3) is 0 Å². The number of carbonyl (C=O) groups is 1. The highest BCUT2D eigenvalue weighted by Crippen LogP contribution is 2.38. The van der Waals surface area contributed by atoms with Gasteiger partial charge in [-0.15, -0.1) is 0 Å². The van der Waals surface area contributed by atoms with Gasteiger partial charge < -0.3 is 14.9 Å². The maximum absolute atomic E-state index is 10.7. The number of ether oxygens (including phenoxy) is 1. The molecule has 2 N–H and O–H groups in total. The van der Waals surface area contributed by atoms with Crippen molar-refractivity contribution in [2.75, 3.05) is 13.2 Å². The normalized spacial score (nSPS) is 17.7. The van der Waals surface area contributed by atoms with Crippen molar-refractivity contribution in [3.63, 3.8) is 0 Å². The fraction of sp³-hybridized carbons (Fsp3) is 0.393. The summed E-state index contributed by atoms with van der Waals surface area (Å²) in [5.74, 6) is 0.110. The van der Waals surface area contributed by atoms with Crippen LogP contribution in [0.2, 0.25) is 0 Å². The van der Waals surface area contributed by atoms with Crippen molar-refractivity contribution < 1.29 is 19.7 Å². The van der Waals surface area contributed by atoms with Gasteiger partial charge in [0.15, 0.2) is 0 Å². The minimum Gasteiger partial charge on any atom is -0.508 e. The molecule has 0 radical (unpaired) electrons. The Morgan fingerprint density at radius 2 is 1.77 bits per heavy atom. The number of phenols is 1. The first-order chi connectivity index (χ1) is 17.0. The maximum atomic E-state index is 10.7. The van der Waals surface area contributed by atoms with Crippen molar-refractivity contribution in [2.24, 2.45) is 11.8 Å². The number of aromatic nitrogens is 2. The number of rotatable bonds is 10. The Morgan fingerprint density at radius 3 is 2.46 bits per heavy atom. The van der Waals surface area contributed by atoms with Crippen molar-refractivity contribution in [2.45, 2.75) is 45.1 Å². The molecular weight excluding hydrogens is 442 g/mol. The van der Waals surface area contributed by atoms with E-state index < -0.39 is 5.97 Å². The van der Waals surface area contributed by atoms with Crippen LogP contribution in [0.25, 0.3) is 22.4 Å². The van der Waals surface area contributed by atoms with E-state index >= 15 is 0 Å². The molecule has 1 aliphatic carbocycles. The van der Waals surface area contributed by atoms with Crippen molar-refractivity contribution in [1.29, 1.82) is 5.26 Å². The Kier molecular flexibility index (Phi) is 8.17. The second-order valence-corrected chi connectivity index (χ2v) is 9.22. The molecule has 7 heteroatoms. The highest BCUT2D eigenvalue weighted by Gasteiger charge is 2.26. The molecule has 1 aliphatic rings. The molecule has 2 aromatic carbocycles. The summed E-state index contributed by atoms with van der Waals surface area (Å²) in [6, 6.07) is 19.5. The van der Waals surface area contributed by atoms with E-state index in [9.17, 15) is 15.2 Å². The topological polar surface area (TPSA) is 108 Å². The van der Waals surface area contributed by atoms with Gasteiger partial charge in [-0.2, -0.15) is 10.4 Å². The zero-order valence-corrected chi connectivity index (χ0v) is 19.8. The van der Waals surface area contributed by atoms with Crippen molar-refractivity contribution in [3.8, 4) is 34.2 Å². The fourth-order valence-corrected chi connectivity index (χ4v) is 4.98. The minimum atomic E-state index is -0.931. The third kappa shape index (κ3) is 6.28. The van der Waals surface area contributed by atoms with Gasteiger partial charge in [-0.1, -0.05) is 42.5 Å². The number of benzene rings is 2. The van der Waals surface area contributed by atoms with Gasteiger partial charge in [0, 0.05) is 36.2 Å². The molecule has 0 spiro atoms. The Balaban J connectivity index is 1.61. The first kappa shape index (κ1) is 24.5. The van der Waals surface area contributed by atoms with E-state index in [2.05, 4.69) is 10.8 Å². The molecule has 1 heterocycles. The van der Waals surface area contributed by atoms with Gasteiger partial charge in [-0.25, -0.2) is 4.79 Å². The Morgan fingerprint density at radius 1 is 1.06 bits per heavy atom. The summed E-state index contributed by atoms with van der Waals surface area (Å²) in [6.07, 6.45) is 5.04. The van der Waals surface area contributed by atoms with E-state index in [-0.39, 0.29) is 12.4 Å². The molecule has 0 atom stereocenters. The van der Waals surface area contributed by atoms with Gasteiger partial charge in [-0.3, -0.25) is 4.68 Å². The summed E-state index contributed by atoms with van der Waals surface area (Å²) in [7, 11) is 0. The van der Waals surface area contributed by atoms with Crippen LogP contribution in [0.1, 0.15) is 37.8 Å². The third-order valence-corrected chi connectivity index (χ3v) is 6.69. The lowest BCUT2D eigenvalue weighted by molar-refractivity contribution is -0.142. The summed E-state index contributed by atoms with van der Waals surface area (Å²) in [4.78, 5) is 10.7. The summed E-state index contributed by atoms with van der Waals surface area (Å²) >= 11 is 0. The monoisotopic (exact) mass is 473 g/mol. The second-order valence-electron chi connectivity index (χ2n) is 9.22. The van der Waals surface area contributed by atoms with E-state index in [1.807, 2.05) is 42.5 Å². The van der Waals surface area contributed by atoms with Crippen LogP contribution in [0.4, 0.5) is 0 Å². The van der Waals surface area contributed by atoms with E-state index in [4.69, 9.17) is 14.9 Å². The van der Waals surface area contributed by atoms with Gasteiger partial charge in [0.2, 0.25) is 0 Å². The van der Waals surface area contributed by atoms with Crippen molar-refractivity contribution >= 4 is 5.97 Å². The van der Waals surface area contributed by atoms with Crippen LogP contribution in [0.3, 0.4) is 0 Å². The smallest absolute Gasteiger partial charge is 0.329 e. The lowest BCUT2D eigenvalue weighted by Crippen LogP contribution is -2.23. The summed E-state index contributed by atoms with van der Waals surface area (Å²) in [5, 5.41) is 33.3. The molecule has 7 nitrogen and oxygen atoms in total. The standard InChI is InChI=1S/C28H31N3O4/c29-15-5-10-25-27(23-8-4-9-24(32)16-23)28(22-6-2-1-3-7-22)30-31(25)17-20-11-13-21(14-12-20)18-35-19-26(33)34/h1-4,6-9,16,20-21,32H,5,10-14,17-19H2,(H,33,34)/t20-,21+. The highest BCUT2D eigenvalue weighted by molar-refractivity contribution is 5.83. The predicted octanol–water partition coefficient (Wildman–Crippen LogP) is 5.29. The number of carboxylic acid groups (broad SMARTS) is 1. The van der Waals surface area contributed by atoms with E-state index in [1.54, 1.807) is 12.1 Å². The highest BCUT2D eigenvalue weighted by atomic mass is 16.5. The third-order valence-electron chi connectivity index (χ3n) is 6.69. The number of nitrogens with zero attached hydrogens (tertiary/aromatic N) is 3. The number of carboxylic acids is 1. The van der Waals surface area contributed by atoms with Crippen LogP contribution in [0.5, 0.6) is 5.75 Å².